The molecule has 4 nitrogen and oxygen atoms in total. The highest BCUT2D eigenvalue weighted by Crippen LogP contribution is 2.08. The smallest absolute Gasteiger partial charge is 0.252 e. The second-order valence-corrected chi connectivity index (χ2v) is 3.92. The van der Waals surface area contributed by atoms with Crippen LogP contribution < -0.4 is 5.32 Å². The van der Waals surface area contributed by atoms with Gasteiger partial charge in [-0.05, 0) is 18.1 Å². The van der Waals surface area contributed by atoms with Crippen LogP contribution in [0.25, 0.3) is 0 Å². The van der Waals surface area contributed by atoms with Gasteiger partial charge in [-0.15, -0.1) is 0 Å². The largest absolute Gasteiger partial charge is 0.506 e. The Labute approximate surface area is 105 Å². The van der Waals surface area contributed by atoms with Crippen LogP contribution >= 0.6 is 0 Å². The first-order valence-electron chi connectivity index (χ1n) is 5.72. The molecule has 0 fully saturated rings. The first-order valence-corrected chi connectivity index (χ1v) is 5.72. The maximum atomic E-state index is 11.7. The summed E-state index contributed by atoms with van der Waals surface area (Å²) < 4.78 is 0. The summed E-state index contributed by atoms with van der Waals surface area (Å²) in [5.41, 5.74) is 1.54. The lowest BCUT2D eigenvalue weighted by molar-refractivity contribution is 0.0953. The van der Waals surface area contributed by atoms with Crippen molar-refractivity contribution in [2.45, 2.75) is 6.42 Å². The molecule has 2 aromatic rings. The van der Waals surface area contributed by atoms with Crippen LogP contribution in [0.5, 0.6) is 5.75 Å². The highest BCUT2D eigenvalue weighted by atomic mass is 16.3. The fraction of sp³-hybridized carbons (Fsp3) is 0.143. The molecule has 2 N–H and O–H groups in total. The maximum Gasteiger partial charge on any atom is 0.252 e. The van der Waals surface area contributed by atoms with E-state index in [0.29, 0.717) is 12.1 Å². The van der Waals surface area contributed by atoms with Crippen molar-refractivity contribution in [3.63, 3.8) is 0 Å². The van der Waals surface area contributed by atoms with Gasteiger partial charge in [0.2, 0.25) is 0 Å². The van der Waals surface area contributed by atoms with Crippen molar-refractivity contribution in [1.29, 1.82) is 0 Å². The van der Waals surface area contributed by atoms with Gasteiger partial charge in [0.1, 0.15) is 5.75 Å². The molecule has 0 saturated heterocycles. The third-order valence-electron chi connectivity index (χ3n) is 2.53. The number of hydrogen-bond acceptors (Lipinski definition) is 3. The molecule has 0 aliphatic rings. The van der Waals surface area contributed by atoms with E-state index in [1.165, 1.54) is 24.0 Å². The maximum absolute atomic E-state index is 11.7. The Morgan fingerprint density at radius 3 is 2.72 bits per heavy atom. The highest BCUT2D eigenvalue weighted by molar-refractivity contribution is 5.94. The molecule has 4 heteroatoms. The highest BCUT2D eigenvalue weighted by Gasteiger charge is 2.05. The number of rotatable bonds is 4. The van der Waals surface area contributed by atoms with E-state index in [4.69, 9.17) is 0 Å². The fourth-order valence-electron chi connectivity index (χ4n) is 1.62. The topological polar surface area (TPSA) is 62.2 Å². The van der Waals surface area contributed by atoms with Crippen molar-refractivity contribution < 1.29 is 9.90 Å². The minimum Gasteiger partial charge on any atom is -0.506 e. The van der Waals surface area contributed by atoms with Gasteiger partial charge in [0.05, 0.1) is 11.8 Å². The van der Waals surface area contributed by atoms with Crippen LogP contribution in [0.15, 0.2) is 48.8 Å². The molecular weight excluding hydrogens is 228 g/mol. The molecule has 1 aromatic heterocycles. The SMILES string of the molecule is O=C(NCCc1ccccc1)c1cncc(O)c1. The molecule has 0 radical (unpaired) electrons. The first-order chi connectivity index (χ1) is 8.75. The number of aromatic nitrogens is 1. The Kier molecular flexibility index (Phi) is 3.91. The molecule has 0 bridgehead atoms. The van der Waals surface area contributed by atoms with E-state index in [9.17, 15) is 9.90 Å². The Morgan fingerprint density at radius 2 is 2.00 bits per heavy atom. The Bertz CT molecular complexity index is 526. The number of nitrogens with zero attached hydrogens (tertiary/aromatic N) is 1. The third kappa shape index (κ3) is 3.31. The van der Waals surface area contributed by atoms with Gasteiger partial charge in [-0.1, -0.05) is 30.3 Å². The molecule has 0 spiro atoms. The van der Waals surface area contributed by atoms with Gasteiger partial charge in [0.25, 0.3) is 5.91 Å². The summed E-state index contributed by atoms with van der Waals surface area (Å²) in [7, 11) is 0. The minimum absolute atomic E-state index is 0.00860. The van der Waals surface area contributed by atoms with Gasteiger partial charge in [-0.25, -0.2) is 0 Å². The number of carbonyl (C=O) groups excluding carboxylic acids is 1. The number of pyridine rings is 1. The van der Waals surface area contributed by atoms with Crippen LogP contribution in [0.1, 0.15) is 15.9 Å². The van der Waals surface area contributed by atoms with E-state index in [2.05, 4.69) is 10.3 Å². The van der Waals surface area contributed by atoms with Crippen molar-refractivity contribution >= 4 is 5.91 Å². The quantitative estimate of drug-likeness (QED) is 0.858. The van der Waals surface area contributed by atoms with Crippen molar-refractivity contribution in [1.82, 2.24) is 10.3 Å². The normalized spacial score (nSPS) is 10.0. The van der Waals surface area contributed by atoms with E-state index in [1.54, 1.807) is 0 Å². The van der Waals surface area contributed by atoms with Gasteiger partial charge in [0, 0.05) is 12.7 Å². The molecule has 0 unspecified atom stereocenters. The Hall–Kier alpha value is -2.36. The molecule has 18 heavy (non-hydrogen) atoms. The average Bonchev–Trinajstić information content (AvgIpc) is 2.40. The van der Waals surface area contributed by atoms with Gasteiger partial charge >= 0.3 is 0 Å². The van der Waals surface area contributed by atoms with E-state index in [0.717, 1.165) is 6.42 Å². The lowest BCUT2D eigenvalue weighted by Gasteiger charge is -2.05. The number of nitrogens with one attached hydrogen (secondary N) is 1. The van der Waals surface area contributed by atoms with Gasteiger partial charge in [-0.2, -0.15) is 0 Å². The number of amides is 1. The van der Waals surface area contributed by atoms with Crippen LogP contribution in [-0.2, 0) is 6.42 Å². The van der Waals surface area contributed by atoms with Crippen LogP contribution in [0, 0.1) is 0 Å². The second kappa shape index (κ2) is 5.82. The first kappa shape index (κ1) is 12.1. The molecule has 0 atom stereocenters. The molecule has 1 aromatic carbocycles. The summed E-state index contributed by atoms with van der Waals surface area (Å²) in [5, 5.41) is 12.0. The third-order valence-corrected chi connectivity index (χ3v) is 2.53. The van der Waals surface area contributed by atoms with Crippen molar-refractivity contribution in [3.8, 4) is 5.75 Å². The Balaban J connectivity index is 1.86. The van der Waals surface area contributed by atoms with Crippen molar-refractivity contribution in [2.75, 3.05) is 6.54 Å². The van der Waals surface area contributed by atoms with E-state index < -0.39 is 0 Å². The van der Waals surface area contributed by atoms with E-state index in [-0.39, 0.29) is 11.7 Å². The summed E-state index contributed by atoms with van der Waals surface area (Å²) in [5.74, 6) is -0.236. The van der Waals surface area contributed by atoms with E-state index in [1.807, 2.05) is 30.3 Å². The number of carbonyl (C=O) groups is 1. The molecule has 92 valence electrons. The summed E-state index contributed by atoms with van der Waals surface area (Å²) in [6.45, 7) is 0.554. The molecule has 2 rings (SSSR count). The molecule has 0 aliphatic carbocycles. The summed E-state index contributed by atoms with van der Waals surface area (Å²) in [4.78, 5) is 15.5. The van der Waals surface area contributed by atoms with Crippen molar-refractivity contribution in [2.24, 2.45) is 0 Å². The lowest BCUT2D eigenvalue weighted by atomic mass is 10.1. The number of aromatic hydroxyl groups is 1. The zero-order chi connectivity index (χ0) is 12.8. The van der Waals surface area contributed by atoms with Crippen LogP contribution in [0.3, 0.4) is 0 Å². The molecule has 1 heterocycles. The van der Waals surface area contributed by atoms with Crippen LogP contribution in [0.4, 0.5) is 0 Å². The fourth-order valence-corrected chi connectivity index (χ4v) is 1.62. The predicted molar refractivity (Wildman–Crippen MR) is 68.4 cm³/mol. The predicted octanol–water partition coefficient (Wildman–Crippen LogP) is 1.76. The average molecular weight is 242 g/mol. The van der Waals surface area contributed by atoms with Gasteiger partial charge in [0.15, 0.2) is 0 Å². The zero-order valence-electron chi connectivity index (χ0n) is 9.84. The standard InChI is InChI=1S/C14H14N2O2/c17-13-8-12(9-15-10-13)14(18)16-7-6-11-4-2-1-3-5-11/h1-5,8-10,17H,6-7H2,(H,16,18). The van der Waals surface area contributed by atoms with Crippen LogP contribution in [-0.4, -0.2) is 22.5 Å². The molecule has 0 saturated carbocycles. The second-order valence-electron chi connectivity index (χ2n) is 3.92. The summed E-state index contributed by atoms with van der Waals surface area (Å²) in [6, 6.07) is 11.3. The molecular formula is C14H14N2O2. The summed E-state index contributed by atoms with van der Waals surface area (Å²) in [6.07, 6.45) is 3.50. The molecule has 0 aliphatic heterocycles. The molecule has 1 amide bonds. The summed E-state index contributed by atoms with van der Waals surface area (Å²) >= 11 is 0. The number of hydrogen-bond donors (Lipinski definition) is 2. The van der Waals surface area contributed by atoms with Gasteiger partial charge in [-0.3, -0.25) is 9.78 Å². The van der Waals surface area contributed by atoms with Crippen LogP contribution in [0.2, 0.25) is 0 Å². The number of benzene rings is 1. The zero-order valence-corrected chi connectivity index (χ0v) is 9.84. The lowest BCUT2D eigenvalue weighted by Crippen LogP contribution is -2.25. The van der Waals surface area contributed by atoms with Crippen molar-refractivity contribution in [3.05, 3.63) is 59.9 Å². The minimum atomic E-state index is -0.227. The Morgan fingerprint density at radius 1 is 1.22 bits per heavy atom. The monoisotopic (exact) mass is 242 g/mol. The van der Waals surface area contributed by atoms with Gasteiger partial charge < -0.3 is 10.4 Å². The van der Waals surface area contributed by atoms with E-state index >= 15 is 0 Å².